The van der Waals surface area contributed by atoms with Crippen molar-refractivity contribution in [3.05, 3.63) is 58.9 Å². The summed E-state index contributed by atoms with van der Waals surface area (Å²) in [6, 6.07) is 10.8. The minimum atomic E-state index is -0.0790. The van der Waals surface area contributed by atoms with Crippen molar-refractivity contribution in [2.45, 2.75) is 19.4 Å². The minimum absolute atomic E-state index is 0.0754. The zero-order valence-electron chi connectivity index (χ0n) is 11.1. The summed E-state index contributed by atoms with van der Waals surface area (Å²) in [5.74, 6) is -0.0790. The standard InChI is InChI=1S/C15H16ClN3O/c1-10(11-2-4-12(16)5-3-11)19-15(20)8-14-7-6-13(17)9-18-14/h2-7,9-10H,8,17H2,1H3,(H,19,20)/t10-/m1/s1. The largest absolute Gasteiger partial charge is 0.397 e. The number of aromatic nitrogens is 1. The van der Waals surface area contributed by atoms with Crippen molar-refractivity contribution in [1.29, 1.82) is 0 Å². The van der Waals surface area contributed by atoms with Gasteiger partial charge >= 0.3 is 0 Å². The van der Waals surface area contributed by atoms with Crippen LogP contribution in [0, 0.1) is 0 Å². The molecule has 1 amide bonds. The van der Waals surface area contributed by atoms with Crippen molar-refractivity contribution in [2.75, 3.05) is 5.73 Å². The van der Waals surface area contributed by atoms with Gasteiger partial charge in [0.1, 0.15) is 0 Å². The summed E-state index contributed by atoms with van der Waals surface area (Å²) >= 11 is 5.84. The molecule has 0 unspecified atom stereocenters. The highest BCUT2D eigenvalue weighted by molar-refractivity contribution is 6.30. The number of hydrogen-bond acceptors (Lipinski definition) is 3. The average molecular weight is 290 g/mol. The van der Waals surface area contributed by atoms with Crippen molar-refractivity contribution < 1.29 is 4.79 Å². The first-order valence-electron chi connectivity index (χ1n) is 6.30. The number of rotatable bonds is 4. The van der Waals surface area contributed by atoms with Gasteiger partial charge in [-0.2, -0.15) is 0 Å². The highest BCUT2D eigenvalue weighted by Gasteiger charge is 2.10. The van der Waals surface area contributed by atoms with Gasteiger partial charge in [0.25, 0.3) is 0 Å². The first-order chi connectivity index (χ1) is 9.54. The molecule has 20 heavy (non-hydrogen) atoms. The third kappa shape index (κ3) is 3.96. The second-order valence-electron chi connectivity index (χ2n) is 4.60. The van der Waals surface area contributed by atoms with Crippen LogP contribution >= 0.6 is 11.6 Å². The molecule has 0 aliphatic carbocycles. The molecule has 5 heteroatoms. The first kappa shape index (κ1) is 14.3. The van der Waals surface area contributed by atoms with E-state index in [1.807, 2.05) is 19.1 Å². The summed E-state index contributed by atoms with van der Waals surface area (Å²) < 4.78 is 0. The van der Waals surface area contributed by atoms with Crippen LogP contribution < -0.4 is 11.1 Å². The lowest BCUT2D eigenvalue weighted by molar-refractivity contribution is -0.121. The molecule has 0 bridgehead atoms. The molecule has 0 aliphatic heterocycles. The van der Waals surface area contributed by atoms with Crippen molar-refractivity contribution >= 4 is 23.2 Å². The predicted molar refractivity (Wildman–Crippen MR) is 80.4 cm³/mol. The number of carbonyl (C=O) groups excluding carboxylic acids is 1. The molecule has 0 saturated carbocycles. The van der Waals surface area contributed by atoms with Crippen LogP contribution in [0.15, 0.2) is 42.6 Å². The van der Waals surface area contributed by atoms with Crippen molar-refractivity contribution in [3.8, 4) is 0 Å². The lowest BCUT2D eigenvalue weighted by atomic mass is 10.1. The molecule has 0 saturated heterocycles. The first-order valence-corrected chi connectivity index (χ1v) is 6.67. The molecule has 0 spiro atoms. The Hall–Kier alpha value is -2.07. The number of nitrogens with one attached hydrogen (secondary N) is 1. The van der Waals surface area contributed by atoms with Gasteiger partial charge < -0.3 is 11.1 Å². The van der Waals surface area contributed by atoms with Gasteiger partial charge in [0.15, 0.2) is 0 Å². The normalized spacial score (nSPS) is 11.9. The average Bonchev–Trinajstić information content (AvgIpc) is 2.42. The number of nitrogens with two attached hydrogens (primary N) is 1. The lowest BCUT2D eigenvalue weighted by Crippen LogP contribution is -2.28. The third-order valence-corrected chi connectivity index (χ3v) is 3.19. The van der Waals surface area contributed by atoms with Crippen LogP contribution in [0.4, 0.5) is 5.69 Å². The Morgan fingerprint density at radius 2 is 2.00 bits per heavy atom. The maximum atomic E-state index is 11.9. The number of pyridine rings is 1. The summed E-state index contributed by atoms with van der Waals surface area (Å²) in [7, 11) is 0. The van der Waals surface area contributed by atoms with Crippen LogP contribution in [0.2, 0.25) is 5.02 Å². The van der Waals surface area contributed by atoms with Gasteiger partial charge in [-0.15, -0.1) is 0 Å². The number of carbonyl (C=O) groups is 1. The number of nitrogen functional groups attached to an aromatic ring is 1. The molecule has 2 rings (SSSR count). The number of hydrogen-bond donors (Lipinski definition) is 2. The molecular weight excluding hydrogens is 274 g/mol. The molecule has 1 atom stereocenters. The van der Waals surface area contributed by atoms with Crippen molar-refractivity contribution in [3.63, 3.8) is 0 Å². The molecule has 104 valence electrons. The molecule has 1 heterocycles. The molecule has 2 aromatic rings. The Morgan fingerprint density at radius 1 is 1.30 bits per heavy atom. The SMILES string of the molecule is C[C@@H](NC(=O)Cc1ccc(N)cn1)c1ccc(Cl)cc1. The highest BCUT2D eigenvalue weighted by atomic mass is 35.5. The highest BCUT2D eigenvalue weighted by Crippen LogP contribution is 2.16. The molecule has 1 aromatic carbocycles. The number of amides is 1. The van der Waals surface area contributed by atoms with E-state index < -0.39 is 0 Å². The number of anilines is 1. The third-order valence-electron chi connectivity index (χ3n) is 2.94. The van der Waals surface area contributed by atoms with Gasteiger partial charge in [-0.3, -0.25) is 9.78 Å². The van der Waals surface area contributed by atoms with E-state index in [0.29, 0.717) is 16.4 Å². The van der Waals surface area contributed by atoms with Crippen molar-refractivity contribution in [1.82, 2.24) is 10.3 Å². The summed E-state index contributed by atoms with van der Waals surface area (Å²) in [5.41, 5.74) is 7.84. The van der Waals surface area contributed by atoms with E-state index in [2.05, 4.69) is 10.3 Å². The van der Waals surface area contributed by atoms with E-state index in [1.165, 1.54) is 0 Å². The van der Waals surface area contributed by atoms with Crippen LogP contribution in [0.3, 0.4) is 0 Å². The monoisotopic (exact) mass is 289 g/mol. The van der Waals surface area contributed by atoms with Gasteiger partial charge in [-0.25, -0.2) is 0 Å². The van der Waals surface area contributed by atoms with Crippen LogP contribution in [0.1, 0.15) is 24.2 Å². The molecule has 3 N–H and O–H groups in total. The number of benzene rings is 1. The predicted octanol–water partition coefficient (Wildman–Crippen LogP) is 2.74. The van der Waals surface area contributed by atoms with E-state index in [4.69, 9.17) is 17.3 Å². The van der Waals surface area contributed by atoms with E-state index in [-0.39, 0.29) is 18.4 Å². The summed E-state index contributed by atoms with van der Waals surface area (Å²) in [6.45, 7) is 1.93. The molecule has 0 fully saturated rings. The zero-order valence-corrected chi connectivity index (χ0v) is 11.9. The Balaban J connectivity index is 1.93. The van der Waals surface area contributed by atoms with Crippen LogP contribution in [-0.4, -0.2) is 10.9 Å². The Bertz CT molecular complexity index is 581. The maximum absolute atomic E-state index is 11.9. The van der Waals surface area contributed by atoms with Gasteiger partial charge in [-0.1, -0.05) is 23.7 Å². The van der Waals surface area contributed by atoms with Gasteiger partial charge in [0, 0.05) is 10.7 Å². The molecule has 0 radical (unpaired) electrons. The Labute approximate surface area is 123 Å². The van der Waals surface area contributed by atoms with Gasteiger partial charge in [0.05, 0.1) is 24.3 Å². The Morgan fingerprint density at radius 3 is 2.60 bits per heavy atom. The van der Waals surface area contributed by atoms with E-state index in [0.717, 1.165) is 5.56 Å². The summed E-state index contributed by atoms with van der Waals surface area (Å²) in [4.78, 5) is 16.0. The van der Waals surface area contributed by atoms with E-state index in [9.17, 15) is 4.79 Å². The zero-order chi connectivity index (χ0) is 14.5. The van der Waals surface area contributed by atoms with Gasteiger partial charge in [0.2, 0.25) is 5.91 Å². The molecule has 0 aliphatic rings. The lowest BCUT2D eigenvalue weighted by Gasteiger charge is -2.14. The number of nitrogens with zero attached hydrogens (tertiary/aromatic N) is 1. The number of halogens is 1. The van der Waals surface area contributed by atoms with Crippen LogP contribution in [0.25, 0.3) is 0 Å². The van der Waals surface area contributed by atoms with Gasteiger partial charge in [-0.05, 0) is 36.8 Å². The minimum Gasteiger partial charge on any atom is -0.397 e. The fraction of sp³-hybridized carbons (Fsp3) is 0.200. The van der Waals surface area contributed by atoms with Crippen molar-refractivity contribution in [2.24, 2.45) is 0 Å². The van der Waals surface area contributed by atoms with E-state index in [1.54, 1.807) is 30.5 Å². The molecular formula is C15H16ClN3O. The quantitative estimate of drug-likeness (QED) is 0.909. The summed E-state index contributed by atoms with van der Waals surface area (Å²) in [6.07, 6.45) is 1.78. The fourth-order valence-corrected chi connectivity index (χ4v) is 1.96. The fourth-order valence-electron chi connectivity index (χ4n) is 1.83. The Kier molecular flexibility index (Phi) is 4.58. The molecule has 4 nitrogen and oxygen atoms in total. The maximum Gasteiger partial charge on any atom is 0.226 e. The summed E-state index contributed by atoms with van der Waals surface area (Å²) in [5, 5.41) is 3.60. The topological polar surface area (TPSA) is 68.0 Å². The van der Waals surface area contributed by atoms with Crippen LogP contribution in [-0.2, 0) is 11.2 Å². The smallest absolute Gasteiger partial charge is 0.226 e. The molecule has 1 aromatic heterocycles. The second kappa shape index (κ2) is 6.39. The van der Waals surface area contributed by atoms with E-state index >= 15 is 0 Å². The van der Waals surface area contributed by atoms with Crippen LogP contribution in [0.5, 0.6) is 0 Å². The second-order valence-corrected chi connectivity index (χ2v) is 5.04.